The van der Waals surface area contributed by atoms with Gasteiger partial charge in [0.25, 0.3) is 0 Å². The minimum absolute atomic E-state index is 0.410. The molecule has 1 aliphatic heterocycles. The molecule has 1 aromatic heterocycles. The van der Waals surface area contributed by atoms with Crippen LogP contribution in [0, 0.1) is 0 Å². The zero-order valence-corrected chi connectivity index (χ0v) is 12.0. The second kappa shape index (κ2) is 5.57. The number of carbonyl (C=O) groups excluding carboxylic acids is 1. The molecule has 3 aromatic rings. The summed E-state index contributed by atoms with van der Waals surface area (Å²) < 4.78 is 16.1. The van der Waals surface area contributed by atoms with Crippen LogP contribution in [0.4, 0.5) is 0 Å². The van der Waals surface area contributed by atoms with E-state index in [2.05, 4.69) is 10.2 Å². The van der Waals surface area contributed by atoms with Crippen molar-refractivity contribution in [3.05, 3.63) is 60.5 Å². The number of para-hydroxylation sites is 1. The quantitative estimate of drug-likeness (QED) is 0.547. The molecule has 0 bridgehead atoms. The third-order valence-corrected chi connectivity index (χ3v) is 3.59. The molecule has 6 nitrogen and oxygen atoms in total. The third-order valence-electron chi connectivity index (χ3n) is 3.59. The van der Waals surface area contributed by atoms with E-state index < -0.39 is 12.1 Å². The minimum atomic E-state index is -0.608. The Morgan fingerprint density at radius 2 is 1.96 bits per heavy atom. The second-order valence-corrected chi connectivity index (χ2v) is 5.11. The van der Waals surface area contributed by atoms with Gasteiger partial charge in [0.05, 0.1) is 0 Å². The van der Waals surface area contributed by atoms with Crippen molar-refractivity contribution in [2.75, 3.05) is 0 Å². The van der Waals surface area contributed by atoms with Gasteiger partial charge in [0, 0.05) is 12.0 Å². The predicted molar refractivity (Wildman–Crippen MR) is 79.9 cm³/mol. The van der Waals surface area contributed by atoms with E-state index in [4.69, 9.17) is 13.9 Å². The lowest BCUT2D eigenvalue weighted by Crippen LogP contribution is -2.29. The highest BCUT2D eigenvalue weighted by molar-refractivity contribution is 5.79. The summed E-state index contributed by atoms with van der Waals surface area (Å²) in [6.07, 6.45) is 1.18. The van der Waals surface area contributed by atoms with Crippen molar-refractivity contribution in [1.29, 1.82) is 0 Å². The minimum Gasteiger partial charge on any atom is -0.478 e. The Balaban J connectivity index is 1.44. The van der Waals surface area contributed by atoms with Crippen LogP contribution in [0.15, 0.2) is 59.3 Å². The van der Waals surface area contributed by atoms with Crippen molar-refractivity contribution < 1.29 is 18.7 Å². The van der Waals surface area contributed by atoms with Crippen LogP contribution < -0.4 is 9.47 Å². The van der Waals surface area contributed by atoms with Crippen molar-refractivity contribution in [2.24, 2.45) is 0 Å². The van der Waals surface area contributed by atoms with Gasteiger partial charge in [0.1, 0.15) is 11.5 Å². The second-order valence-electron chi connectivity index (χ2n) is 5.11. The van der Waals surface area contributed by atoms with Gasteiger partial charge in [-0.3, -0.25) is 0 Å². The highest BCUT2D eigenvalue weighted by atomic mass is 16.6. The molecular formula is C17H12N2O4. The topological polar surface area (TPSA) is 74.5 Å². The Hall–Kier alpha value is -3.15. The van der Waals surface area contributed by atoms with Crippen molar-refractivity contribution >= 4 is 5.97 Å². The average Bonchev–Trinajstić information content (AvgIpc) is 3.25. The number of fused-ring (bicyclic) bond motifs is 1. The first-order chi connectivity index (χ1) is 11.3. The van der Waals surface area contributed by atoms with Crippen molar-refractivity contribution in [3.8, 4) is 23.0 Å². The molecular weight excluding hydrogens is 296 g/mol. The fourth-order valence-corrected chi connectivity index (χ4v) is 2.46. The first-order valence-corrected chi connectivity index (χ1v) is 7.12. The number of benzene rings is 2. The maximum Gasteiger partial charge on any atom is 0.353 e. The monoisotopic (exact) mass is 308 g/mol. The van der Waals surface area contributed by atoms with Crippen molar-refractivity contribution in [2.45, 2.75) is 12.5 Å². The molecule has 0 fully saturated rings. The number of nitrogens with zero attached hydrogens (tertiary/aromatic N) is 2. The Morgan fingerprint density at radius 3 is 2.70 bits per heavy atom. The molecule has 2 heterocycles. The predicted octanol–water partition coefficient (Wildman–Crippen LogP) is 2.65. The third kappa shape index (κ3) is 2.66. The van der Waals surface area contributed by atoms with Crippen LogP contribution in [0.1, 0.15) is 5.56 Å². The molecule has 6 heteroatoms. The smallest absolute Gasteiger partial charge is 0.353 e. The van der Waals surface area contributed by atoms with Crippen LogP contribution in [-0.2, 0) is 11.2 Å². The number of aromatic nitrogens is 2. The molecule has 1 unspecified atom stereocenters. The Labute approximate surface area is 131 Å². The van der Waals surface area contributed by atoms with Gasteiger partial charge in [0.15, 0.2) is 6.10 Å². The number of rotatable bonds is 3. The molecule has 0 saturated heterocycles. The van der Waals surface area contributed by atoms with Gasteiger partial charge in [-0.15, -0.1) is 10.2 Å². The van der Waals surface area contributed by atoms with Crippen molar-refractivity contribution in [3.63, 3.8) is 0 Å². The van der Waals surface area contributed by atoms with E-state index >= 15 is 0 Å². The largest absolute Gasteiger partial charge is 0.478 e. The standard InChI is InChI=1S/C17H12N2O4/c20-17(15-9-12-3-1-2-4-14(12)23-15)22-13-7-5-11(6-8-13)16-19-18-10-21-16/h1-8,10,15H,9H2. The molecule has 0 saturated carbocycles. The SMILES string of the molecule is O=C(Oc1ccc(-c2nnco2)cc1)C1Cc2ccccc2O1. The summed E-state index contributed by atoms with van der Waals surface area (Å²) in [5.74, 6) is 1.18. The van der Waals surface area contributed by atoms with E-state index in [1.54, 1.807) is 24.3 Å². The Kier molecular flexibility index (Phi) is 3.27. The summed E-state index contributed by atoms with van der Waals surface area (Å²) in [6, 6.07) is 14.5. The molecule has 0 N–H and O–H groups in total. The van der Waals surface area contributed by atoms with E-state index in [0.717, 1.165) is 16.9 Å². The van der Waals surface area contributed by atoms with Gasteiger partial charge in [-0.2, -0.15) is 0 Å². The summed E-state index contributed by atoms with van der Waals surface area (Å²) >= 11 is 0. The molecule has 1 atom stereocenters. The summed E-state index contributed by atoms with van der Waals surface area (Å²) in [6.45, 7) is 0. The molecule has 23 heavy (non-hydrogen) atoms. The molecule has 0 spiro atoms. The number of carbonyl (C=O) groups is 1. The van der Waals surface area contributed by atoms with Gasteiger partial charge in [-0.05, 0) is 35.9 Å². The van der Waals surface area contributed by atoms with E-state index in [0.29, 0.717) is 18.1 Å². The van der Waals surface area contributed by atoms with E-state index in [9.17, 15) is 4.79 Å². The Bertz CT molecular complexity index is 803. The van der Waals surface area contributed by atoms with E-state index in [1.165, 1.54) is 6.39 Å². The first-order valence-electron chi connectivity index (χ1n) is 7.12. The summed E-state index contributed by atoms with van der Waals surface area (Å²) in [4.78, 5) is 12.2. The van der Waals surface area contributed by atoms with Crippen LogP contribution in [0.25, 0.3) is 11.5 Å². The highest BCUT2D eigenvalue weighted by Gasteiger charge is 2.30. The summed E-state index contributed by atoms with van der Waals surface area (Å²) in [7, 11) is 0. The lowest BCUT2D eigenvalue weighted by Gasteiger charge is -2.10. The van der Waals surface area contributed by atoms with Crippen LogP contribution in [0.2, 0.25) is 0 Å². The first kappa shape index (κ1) is 13.5. The van der Waals surface area contributed by atoms with Gasteiger partial charge >= 0.3 is 5.97 Å². The maximum atomic E-state index is 12.2. The van der Waals surface area contributed by atoms with Crippen LogP contribution in [0.3, 0.4) is 0 Å². The summed E-state index contributed by atoms with van der Waals surface area (Å²) in [5, 5.41) is 7.44. The summed E-state index contributed by atoms with van der Waals surface area (Å²) in [5.41, 5.74) is 1.77. The molecule has 0 aliphatic carbocycles. The molecule has 1 aliphatic rings. The molecule has 0 radical (unpaired) electrons. The molecule has 4 rings (SSSR count). The van der Waals surface area contributed by atoms with E-state index in [-0.39, 0.29) is 0 Å². The van der Waals surface area contributed by atoms with Crippen LogP contribution in [-0.4, -0.2) is 22.3 Å². The normalized spacial score (nSPS) is 15.7. The van der Waals surface area contributed by atoms with Crippen molar-refractivity contribution in [1.82, 2.24) is 10.2 Å². The molecule has 0 amide bonds. The number of esters is 1. The lowest BCUT2D eigenvalue weighted by molar-refractivity contribution is -0.141. The lowest BCUT2D eigenvalue weighted by atomic mass is 10.1. The van der Waals surface area contributed by atoms with Crippen LogP contribution in [0.5, 0.6) is 11.5 Å². The van der Waals surface area contributed by atoms with Crippen LogP contribution >= 0.6 is 0 Å². The fourth-order valence-electron chi connectivity index (χ4n) is 2.46. The zero-order valence-electron chi connectivity index (χ0n) is 12.0. The number of hydrogen-bond acceptors (Lipinski definition) is 6. The van der Waals surface area contributed by atoms with E-state index in [1.807, 2.05) is 24.3 Å². The molecule has 2 aromatic carbocycles. The zero-order chi connectivity index (χ0) is 15.6. The van der Waals surface area contributed by atoms with Gasteiger partial charge < -0.3 is 13.9 Å². The van der Waals surface area contributed by atoms with Gasteiger partial charge in [0.2, 0.25) is 12.3 Å². The average molecular weight is 308 g/mol. The maximum absolute atomic E-state index is 12.2. The number of ether oxygens (including phenoxy) is 2. The molecule has 114 valence electrons. The van der Waals surface area contributed by atoms with Gasteiger partial charge in [-0.1, -0.05) is 18.2 Å². The van der Waals surface area contributed by atoms with Gasteiger partial charge in [-0.25, -0.2) is 4.79 Å². The highest BCUT2D eigenvalue weighted by Crippen LogP contribution is 2.29. The fraction of sp³-hybridized carbons (Fsp3) is 0.118. The number of hydrogen-bond donors (Lipinski definition) is 0. The Morgan fingerprint density at radius 1 is 1.13 bits per heavy atom.